The van der Waals surface area contributed by atoms with E-state index >= 15 is 0 Å². The van der Waals surface area contributed by atoms with Crippen molar-refractivity contribution in [2.24, 2.45) is 0 Å². The van der Waals surface area contributed by atoms with Gasteiger partial charge in [0.15, 0.2) is 0 Å². The molecule has 0 spiro atoms. The van der Waals surface area contributed by atoms with Crippen molar-refractivity contribution >= 4 is 0 Å². The third-order valence-corrected chi connectivity index (χ3v) is 5.51. The van der Waals surface area contributed by atoms with E-state index in [1.807, 2.05) is 36.4 Å². The molecule has 6 heteroatoms. The number of aliphatic hydroxyl groups is 1. The molecule has 0 saturated carbocycles. The Morgan fingerprint density at radius 2 is 1.93 bits per heavy atom. The van der Waals surface area contributed by atoms with E-state index in [2.05, 4.69) is 10.1 Å². The van der Waals surface area contributed by atoms with Crippen LogP contribution in [0.4, 0.5) is 4.39 Å². The summed E-state index contributed by atoms with van der Waals surface area (Å²) >= 11 is 0. The second kappa shape index (κ2) is 8.35. The summed E-state index contributed by atoms with van der Waals surface area (Å²) in [6.45, 7) is 2.20. The van der Waals surface area contributed by atoms with Gasteiger partial charge in [-0.05, 0) is 42.7 Å². The van der Waals surface area contributed by atoms with Crippen molar-refractivity contribution in [3.63, 3.8) is 0 Å². The molecule has 0 unspecified atom stereocenters. The molecule has 29 heavy (non-hydrogen) atoms. The summed E-state index contributed by atoms with van der Waals surface area (Å²) in [6.07, 6.45) is 1.70. The Balaban J connectivity index is 1.36. The van der Waals surface area contributed by atoms with Crippen molar-refractivity contribution < 1.29 is 18.8 Å². The molecule has 1 N–H and O–H groups in total. The lowest BCUT2D eigenvalue weighted by Crippen LogP contribution is -2.45. The van der Waals surface area contributed by atoms with E-state index in [1.165, 1.54) is 6.07 Å². The first-order chi connectivity index (χ1) is 14.0. The number of piperidine rings is 1. The first-order valence-corrected chi connectivity index (χ1v) is 9.82. The van der Waals surface area contributed by atoms with Crippen molar-refractivity contribution in [1.29, 1.82) is 0 Å². The zero-order valence-electron chi connectivity index (χ0n) is 16.5. The highest BCUT2D eigenvalue weighted by Crippen LogP contribution is 2.30. The highest BCUT2D eigenvalue weighted by atomic mass is 19.1. The quantitative estimate of drug-likeness (QED) is 0.681. The van der Waals surface area contributed by atoms with Gasteiger partial charge in [0.25, 0.3) is 0 Å². The van der Waals surface area contributed by atoms with Gasteiger partial charge in [0, 0.05) is 37.7 Å². The van der Waals surface area contributed by atoms with Crippen LogP contribution in [0.1, 0.15) is 24.2 Å². The summed E-state index contributed by atoms with van der Waals surface area (Å²) in [4.78, 5) is 2.24. The summed E-state index contributed by atoms with van der Waals surface area (Å²) < 4.78 is 24.1. The molecule has 1 saturated heterocycles. The standard InChI is InChI=1S/C23H25FN2O3/c1-28-20-7-3-5-18(13-20)22-14-21(29-25-22)15-23(27)8-10-26(11-9-23)16-17-4-2-6-19(24)12-17/h2-7,12-14,27H,8-11,15-16H2,1H3. The largest absolute Gasteiger partial charge is 0.497 e. The molecule has 4 rings (SSSR count). The topological polar surface area (TPSA) is 58.7 Å². The SMILES string of the molecule is COc1cccc(-c2cc(CC3(O)CCN(Cc4cccc(F)c4)CC3)on2)c1. The summed E-state index contributed by atoms with van der Waals surface area (Å²) in [6, 6.07) is 16.2. The molecule has 1 aliphatic heterocycles. The second-order valence-electron chi connectivity index (χ2n) is 7.72. The minimum Gasteiger partial charge on any atom is -0.497 e. The molecule has 0 aliphatic carbocycles. The Morgan fingerprint density at radius 3 is 2.69 bits per heavy atom. The lowest BCUT2D eigenvalue weighted by atomic mass is 9.87. The number of hydrogen-bond donors (Lipinski definition) is 1. The minimum atomic E-state index is -0.816. The Bertz CT molecular complexity index is 964. The van der Waals surface area contributed by atoms with Gasteiger partial charge in [-0.2, -0.15) is 0 Å². The third-order valence-electron chi connectivity index (χ3n) is 5.51. The smallest absolute Gasteiger partial charge is 0.140 e. The summed E-state index contributed by atoms with van der Waals surface area (Å²) in [5.74, 6) is 1.22. The molecule has 1 aromatic heterocycles. The maximum atomic E-state index is 13.4. The maximum absolute atomic E-state index is 13.4. The van der Waals surface area contributed by atoms with E-state index in [-0.39, 0.29) is 5.82 Å². The fourth-order valence-electron chi connectivity index (χ4n) is 3.84. The van der Waals surface area contributed by atoms with Crippen LogP contribution in [0.3, 0.4) is 0 Å². The summed E-state index contributed by atoms with van der Waals surface area (Å²) in [5.41, 5.74) is 1.78. The highest BCUT2D eigenvalue weighted by Gasteiger charge is 2.33. The maximum Gasteiger partial charge on any atom is 0.140 e. The van der Waals surface area contributed by atoms with Gasteiger partial charge in [-0.3, -0.25) is 4.90 Å². The van der Waals surface area contributed by atoms with Crippen molar-refractivity contribution in [2.45, 2.75) is 31.4 Å². The Kier molecular flexibility index (Phi) is 5.65. The Morgan fingerprint density at radius 1 is 1.14 bits per heavy atom. The fourth-order valence-corrected chi connectivity index (χ4v) is 3.84. The molecule has 2 aromatic carbocycles. The van der Waals surface area contributed by atoms with Gasteiger partial charge in [0.05, 0.1) is 12.7 Å². The van der Waals surface area contributed by atoms with Gasteiger partial charge in [0.2, 0.25) is 0 Å². The normalized spacial score (nSPS) is 16.7. The van der Waals surface area contributed by atoms with Gasteiger partial charge in [0.1, 0.15) is 23.0 Å². The predicted molar refractivity (Wildman–Crippen MR) is 108 cm³/mol. The number of benzene rings is 2. The molecule has 0 radical (unpaired) electrons. The van der Waals surface area contributed by atoms with E-state index < -0.39 is 5.60 Å². The lowest BCUT2D eigenvalue weighted by molar-refractivity contribution is -0.0265. The second-order valence-corrected chi connectivity index (χ2v) is 7.72. The number of rotatable bonds is 6. The number of methoxy groups -OCH3 is 1. The number of nitrogens with zero attached hydrogens (tertiary/aromatic N) is 2. The molecule has 0 atom stereocenters. The van der Waals surface area contributed by atoms with Crippen LogP contribution in [-0.2, 0) is 13.0 Å². The average molecular weight is 396 g/mol. The Labute approximate surface area is 169 Å². The van der Waals surface area contributed by atoms with Gasteiger partial charge >= 0.3 is 0 Å². The fraction of sp³-hybridized carbons (Fsp3) is 0.348. The van der Waals surface area contributed by atoms with E-state index in [9.17, 15) is 9.50 Å². The third kappa shape index (κ3) is 4.83. The molecular formula is C23H25FN2O3. The van der Waals surface area contributed by atoms with Crippen molar-refractivity contribution in [1.82, 2.24) is 10.1 Å². The molecule has 3 aromatic rings. The van der Waals surface area contributed by atoms with Crippen LogP contribution >= 0.6 is 0 Å². The molecule has 0 bridgehead atoms. The zero-order valence-corrected chi connectivity index (χ0v) is 16.5. The molecule has 1 fully saturated rings. The van der Waals surface area contributed by atoms with E-state index in [1.54, 1.807) is 19.2 Å². The molecule has 1 aliphatic rings. The molecule has 5 nitrogen and oxygen atoms in total. The van der Waals surface area contributed by atoms with Gasteiger partial charge in [-0.1, -0.05) is 29.4 Å². The van der Waals surface area contributed by atoms with Gasteiger partial charge in [-0.15, -0.1) is 0 Å². The number of ether oxygens (including phenoxy) is 1. The molecule has 2 heterocycles. The molecule has 0 amide bonds. The number of halogens is 1. The predicted octanol–water partition coefficient (Wildman–Crippen LogP) is 4.06. The number of likely N-dealkylation sites (tertiary alicyclic amines) is 1. The van der Waals surface area contributed by atoms with Crippen LogP contribution in [0, 0.1) is 5.82 Å². The molecule has 152 valence electrons. The monoisotopic (exact) mass is 396 g/mol. The van der Waals surface area contributed by atoms with Crippen LogP contribution in [0.15, 0.2) is 59.1 Å². The first-order valence-electron chi connectivity index (χ1n) is 9.82. The van der Waals surface area contributed by atoms with Crippen LogP contribution in [0.2, 0.25) is 0 Å². The summed E-state index contributed by atoms with van der Waals surface area (Å²) in [5, 5.41) is 15.2. The van der Waals surface area contributed by atoms with E-state index in [0.29, 0.717) is 31.6 Å². The Hall–Kier alpha value is -2.70. The van der Waals surface area contributed by atoms with E-state index in [4.69, 9.17) is 9.26 Å². The van der Waals surface area contributed by atoms with Crippen molar-refractivity contribution in [2.75, 3.05) is 20.2 Å². The molecular weight excluding hydrogens is 371 g/mol. The van der Waals surface area contributed by atoms with Crippen LogP contribution in [0.25, 0.3) is 11.3 Å². The van der Waals surface area contributed by atoms with Crippen LogP contribution in [-0.4, -0.2) is 41.0 Å². The summed E-state index contributed by atoms with van der Waals surface area (Å²) in [7, 11) is 1.63. The van der Waals surface area contributed by atoms with Crippen LogP contribution in [0.5, 0.6) is 5.75 Å². The number of hydrogen-bond acceptors (Lipinski definition) is 5. The van der Waals surface area contributed by atoms with Gasteiger partial charge in [-0.25, -0.2) is 4.39 Å². The van der Waals surface area contributed by atoms with E-state index in [0.717, 1.165) is 35.7 Å². The highest BCUT2D eigenvalue weighted by molar-refractivity contribution is 5.60. The van der Waals surface area contributed by atoms with Crippen molar-refractivity contribution in [3.8, 4) is 17.0 Å². The zero-order chi connectivity index (χ0) is 20.3. The lowest BCUT2D eigenvalue weighted by Gasteiger charge is -2.37. The van der Waals surface area contributed by atoms with Gasteiger partial charge < -0.3 is 14.4 Å². The first kappa shape index (κ1) is 19.6. The van der Waals surface area contributed by atoms with Crippen molar-refractivity contribution in [3.05, 3.63) is 71.7 Å². The van der Waals surface area contributed by atoms with Crippen LogP contribution < -0.4 is 4.74 Å². The minimum absolute atomic E-state index is 0.215. The number of aromatic nitrogens is 1. The average Bonchev–Trinajstić information content (AvgIpc) is 3.18.